The minimum atomic E-state index is -0.389. The van der Waals surface area contributed by atoms with E-state index in [1.807, 2.05) is 4.90 Å². The van der Waals surface area contributed by atoms with Crippen molar-refractivity contribution in [2.45, 2.75) is 6.04 Å². The summed E-state index contributed by atoms with van der Waals surface area (Å²) in [6.45, 7) is 8.05. The van der Waals surface area contributed by atoms with Crippen molar-refractivity contribution < 1.29 is 14.3 Å². The third-order valence-electron chi connectivity index (χ3n) is 2.18. The van der Waals surface area contributed by atoms with Gasteiger partial charge in [-0.05, 0) is 0 Å². The molecular formula is C10H19N3O3. The van der Waals surface area contributed by atoms with Gasteiger partial charge >= 0.3 is 5.97 Å². The van der Waals surface area contributed by atoms with Gasteiger partial charge < -0.3 is 15.8 Å². The molecular weight excluding hydrogens is 210 g/mol. The molecule has 1 saturated heterocycles. The Bertz CT molecular complexity index is 245. The third-order valence-corrected chi connectivity index (χ3v) is 2.18. The van der Waals surface area contributed by atoms with Crippen molar-refractivity contribution in [3.05, 3.63) is 13.2 Å². The van der Waals surface area contributed by atoms with E-state index in [0.29, 0.717) is 13.1 Å². The summed E-state index contributed by atoms with van der Waals surface area (Å²) in [6, 6.07) is -0.367. The second-order valence-corrected chi connectivity index (χ2v) is 3.22. The van der Waals surface area contributed by atoms with Crippen molar-refractivity contribution in [1.29, 1.82) is 0 Å². The van der Waals surface area contributed by atoms with Crippen molar-refractivity contribution in [3.63, 3.8) is 0 Å². The van der Waals surface area contributed by atoms with E-state index in [-0.39, 0.29) is 24.5 Å². The maximum atomic E-state index is 11.0. The lowest BCUT2D eigenvalue weighted by Gasteiger charge is -2.30. The van der Waals surface area contributed by atoms with Crippen molar-refractivity contribution in [2.75, 3.05) is 33.3 Å². The molecule has 6 heteroatoms. The zero-order valence-electron chi connectivity index (χ0n) is 9.57. The highest BCUT2D eigenvalue weighted by Gasteiger charge is 2.24. The number of amides is 1. The molecule has 1 unspecified atom stereocenters. The molecule has 0 radical (unpaired) electrons. The van der Waals surface area contributed by atoms with Crippen LogP contribution in [0.5, 0.6) is 0 Å². The van der Waals surface area contributed by atoms with Crippen molar-refractivity contribution in [2.24, 2.45) is 5.73 Å². The molecule has 3 N–H and O–H groups in total. The lowest BCUT2D eigenvalue weighted by atomic mass is 10.2. The first-order valence-electron chi connectivity index (χ1n) is 4.95. The van der Waals surface area contributed by atoms with Gasteiger partial charge in [-0.15, -0.1) is 13.2 Å². The summed E-state index contributed by atoms with van der Waals surface area (Å²) in [7, 11) is 1.34. The number of esters is 1. The Balaban J connectivity index is 0.00000106. The van der Waals surface area contributed by atoms with Crippen LogP contribution < -0.4 is 11.1 Å². The Kier molecular flexibility index (Phi) is 7.15. The molecule has 92 valence electrons. The van der Waals surface area contributed by atoms with Gasteiger partial charge in [-0.25, -0.2) is 0 Å². The van der Waals surface area contributed by atoms with Gasteiger partial charge in [0.2, 0.25) is 5.91 Å². The van der Waals surface area contributed by atoms with E-state index < -0.39 is 0 Å². The smallest absolute Gasteiger partial charge is 0.319 e. The summed E-state index contributed by atoms with van der Waals surface area (Å²) < 4.78 is 4.53. The van der Waals surface area contributed by atoms with Crippen LogP contribution in [0, 0.1) is 0 Å². The van der Waals surface area contributed by atoms with Gasteiger partial charge in [0.05, 0.1) is 19.7 Å². The van der Waals surface area contributed by atoms with Gasteiger partial charge in [0, 0.05) is 19.6 Å². The van der Waals surface area contributed by atoms with Crippen LogP contribution in [-0.4, -0.2) is 56.1 Å². The van der Waals surface area contributed by atoms with E-state index in [1.54, 1.807) is 0 Å². The zero-order valence-corrected chi connectivity index (χ0v) is 9.57. The molecule has 1 aliphatic rings. The predicted molar refractivity (Wildman–Crippen MR) is 60.7 cm³/mol. The number of nitrogens with two attached hydrogens (primary N) is 1. The number of nitrogens with zero attached hydrogens (tertiary/aromatic N) is 1. The third kappa shape index (κ3) is 4.90. The molecule has 0 aromatic heterocycles. The molecule has 0 aromatic carbocycles. The Morgan fingerprint density at radius 1 is 1.56 bits per heavy atom. The van der Waals surface area contributed by atoms with E-state index in [0.717, 1.165) is 6.54 Å². The first-order chi connectivity index (χ1) is 7.63. The average Bonchev–Trinajstić information content (AvgIpc) is 2.32. The number of carbonyl (C=O) groups excluding carboxylic acids is 2. The first-order valence-corrected chi connectivity index (χ1v) is 4.95. The SMILES string of the molecule is C=C.COC(=O)CN1CCNC(C(N)=O)C1. The Morgan fingerprint density at radius 3 is 2.69 bits per heavy atom. The lowest BCUT2D eigenvalue weighted by molar-refractivity contribution is -0.142. The summed E-state index contributed by atoms with van der Waals surface area (Å²) in [4.78, 5) is 23.7. The number of piperazine rings is 1. The van der Waals surface area contributed by atoms with E-state index in [1.165, 1.54) is 7.11 Å². The topological polar surface area (TPSA) is 84.7 Å². The Hall–Kier alpha value is -1.40. The minimum Gasteiger partial charge on any atom is -0.468 e. The molecule has 1 fully saturated rings. The number of methoxy groups -OCH3 is 1. The van der Waals surface area contributed by atoms with Gasteiger partial charge in [0.25, 0.3) is 0 Å². The van der Waals surface area contributed by atoms with Crippen molar-refractivity contribution >= 4 is 11.9 Å². The summed E-state index contributed by atoms with van der Waals surface area (Å²) in [6.07, 6.45) is 0. The highest BCUT2D eigenvalue weighted by molar-refractivity contribution is 5.80. The normalized spacial score (nSPS) is 20.4. The van der Waals surface area contributed by atoms with E-state index in [9.17, 15) is 9.59 Å². The van der Waals surface area contributed by atoms with Crippen LogP contribution >= 0.6 is 0 Å². The van der Waals surface area contributed by atoms with Crippen LogP contribution in [0.15, 0.2) is 13.2 Å². The second kappa shape index (κ2) is 7.84. The van der Waals surface area contributed by atoms with E-state index in [2.05, 4.69) is 23.2 Å². The van der Waals surface area contributed by atoms with Crippen LogP contribution in [0.2, 0.25) is 0 Å². The molecule has 1 rings (SSSR count). The lowest BCUT2D eigenvalue weighted by Crippen LogP contribution is -2.56. The number of carbonyl (C=O) groups is 2. The van der Waals surface area contributed by atoms with Gasteiger partial charge in [0.15, 0.2) is 0 Å². The summed E-state index contributed by atoms with van der Waals surface area (Å²) in [5.41, 5.74) is 5.15. The number of nitrogens with one attached hydrogen (secondary N) is 1. The molecule has 1 atom stereocenters. The van der Waals surface area contributed by atoms with Crippen molar-refractivity contribution in [1.82, 2.24) is 10.2 Å². The molecule has 0 spiro atoms. The second-order valence-electron chi connectivity index (χ2n) is 3.22. The largest absolute Gasteiger partial charge is 0.468 e. The fraction of sp³-hybridized carbons (Fsp3) is 0.600. The maximum absolute atomic E-state index is 11.0. The molecule has 0 saturated carbocycles. The number of hydrogen-bond donors (Lipinski definition) is 2. The summed E-state index contributed by atoms with van der Waals surface area (Å²) in [5, 5.41) is 2.97. The standard InChI is InChI=1S/C8H15N3O3.C2H4/c1-14-7(12)5-11-3-2-10-6(4-11)8(9)13;1-2/h6,10H,2-5H2,1H3,(H2,9,13);1-2H2. The van der Waals surface area contributed by atoms with Crippen LogP contribution in [0.3, 0.4) is 0 Å². The molecule has 1 aliphatic heterocycles. The summed E-state index contributed by atoms with van der Waals surface area (Å²) >= 11 is 0. The average molecular weight is 229 g/mol. The minimum absolute atomic E-state index is 0.210. The number of ether oxygens (including phenoxy) is 1. The molecule has 6 nitrogen and oxygen atoms in total. The van der Waals surface area contributed by atoms with E-state index in [4.69, 9.17) is 5.73 Å². The Morgan fingerprint density at radius 2 is 2.19 bits per heavy atom. The number of rotatable bonds is 3. The van der Waals surface area contributed by atoms with E-state index >= 15 is 0 Å². The first kappa shape index (κ1) is 14.6. The predicted octanol–water partition coefficient (Wildman–Crippen LogP) is -1.28. The van der Waals surface area contributed by atoms with Gasteiger partial charge in [-0.1, -0.05) is 0 Å². The fourth-order valence-corrected chi connectivity index (χ4v) is 1.39. The monoisotopic (exact) mass is 229 g/mol. The highest BCUT2D eigenvalue weighted by atomic mass is 16.5. The van der Waals surface area contributed by atoms with Crippen LogP contribution in [0.4, 0.5) is 0 Å². The van der Waals surface area contributed by atoms with Crippen LogP contribution in [-0.2, 0) is 14.3 Å². The quantitative estimate of drug-likeness (QED) is 0.465. The molecule has 0 aliphatic carbocycles. The van der Waals surface area contributed by atoms with Gasteiger partial charge in [-0.3, -0.25) is 14.5 Å². The molecule has 1 heterocycles. The molecule has 0 bridgehead atoms. The van der Waals surface area contributed by atoms with Gasteiger partial charge in [0.1, 0.15) is 0 Å². The molecule has 1 amide bonds. The highest BCUT2D eigenvalue weighted by Crippen LogP contribution is 1.98. The van der Waals surface area contributed by atoms with Crippen LogP contribution in [0.1, 0.15) is 0 Å². The maximum Gasteiger partial charge on any atom is 0.319 e. The fourth-order valence-electron chi connectivity index (χ4n) is 1.39. The zero-order chi connectivity index (χ0) is 12.6. The Labute approximate surface area is 95.4 Å². The number of hydrogen-bond acceptors (Lipinski definition) is 5. The molecule has 16 heavy (non-hydrogen) atoms. The number of primary amides is 1. The summed E-state index contributed by atoms with van der Waals surface area (Å²) in [5.74, 6) is -0.685. The molecule has 0 aromatic rings. The van der Waals surface area contributed by atoms with Crippen molar-refractivity contribution in [3.8, 4) is 0 Å². The van der Waals surface area contributed by atoms with Gasteiger partial charge in [-0.2, -0.15) is 0 Å². The van der Waals surface area contributed by atoms with Crippen LogP contribution in [0.25, 0.3) is 0 Å².